The lowest BCUT2D eigenvalue weighted by atomic mass is 9.50. The Balaban J connectivity index is 1.08. The number of nitriles is 2. The standard InChI is InChI=1S/C82H76B2Cl4N8O/c1-2-3-4-5-6-7-8-9-10-11-12-13-14-15-16-17-18-31-50-97-66-47-42-59(43-48-66)80-78-77(82(68(55-90)76-57-92-73-52-69(87)70(88)53-74(73)94-76)96(80)84(62-36-27-21-28-37-62)63-38-29-22-30-39-63)79(58-40-44-64(85)45-41-58)95(83(60-32-23-19-24-33-60)61-34-25-20-26-35-61)81(78)67(54-89)75-56-91-72-51-65(86)46-49-71(72)93-75/h19-30,32-49,51-53,56-57H,2-18,31,50H2,1H3/b81-67-,82-68-. The molecule has 0 bridgehead atoms. The maximum absolute atomic E-state index is 12.4. The van der Waals surface area contributed by atoms with Gasteiger partial charge >= 0.3 is 13.7 Å². The summed E-state index contributed by atoms with van der Waals surface area (Å²) in [7, 11) is 0. The third-order valence-electron chi connectivity index (χ3n) is 18.4. The number of aromatic nitrogens is 6. The molecule has 0 spiro atoms. The fourth-order valence-corrected chi connectivity index (χ4v) is 14.3. The van der Waals surface area contributed by atoms with Gasteiger partial charge in [-0.3, -0.25) is 9.97 Å². The van der Waals surface area contributed by atoms with E-state index in [-0.39, 0.29) is 16.8 Å². The monoisotopic (exact) mass is 1350 g/mol. The van der Waals surface area contributed by atoms with Crippen LogP contribution in [0.2, 0.25) is 20.1 Å². The molecular formula is C82H76B2Cl4N8O. The van der Waals surface area contributed by atoms with E-state index >= 15 is 0 Å². The molecule has 0 atom stereocenters. The van der Waals surface area contributed by atoms with Gasteiger partial charge in [-0.15, -0.1) is 0 Å². The summed E-state index contributed by atoms with van der Waals surface area (Å²) in [5, 5.41) is 28.8. The van der Waals surface area contributed by atoms with E-state index in [0.29, 0.717) is 87.3 Å². The fourth-order valence-electron chi connectivity index (χ4n) is 13.7. The zero-order valence-electron chi connectivity index (χ0n) is 54.8. The minimum Gasteiger partial charge on any atom is -0.494 e. The van der Waals surface area contributed by atoms with Gasteiger partial charge in [0.1, 0.15) is 40.4 Å². The van der Waals surface area contributed by atoms with Gasteiger partial charge in [-0.25, -0.2) is 9.97 Å². The molecule has 97 heavy (non-hydrogen) atoms. The lowest BCUT2D eigenvalue weighted by molar-refractivity contribution is 0.304. The summed E-state index contributed by atoms with van der Waals surface area (Å²) >= 11 is 26.9. The smallest absolute Gasteiger partial charge is 0.328 e. The molecule has 8 aromatic carbocycles. The van der Waals surface area contributed by atoms with Crippen molar-refractivity contribution in [2.75, 3.05) is 6.61 Å². The molecule has 9 nitrogen and oxygen atoms in total. The maximum atomic E-state index is 12.4. The Bertz CT molecular complexity index is 4790. The number of benzene rings is 8. The van der Waals surface area contributed by atoms with Gasteiger partial charge in [-0.1, -0.05) is 318 Å². The van der Waals surface area contributed by atoms with Crippen LogP contribution in [0.25, 0.3) is 66.5 Å². The zero-order valence-corrected chi connectivity index (χ0v) is 57.8. The van der Waals surface area contributed by atoms with Crippen LogP contribution < -0.4 is 37.3 Å². The van der Waals surface area contributed by atoms with Gasteiger partial charge < -0.3 is 13.7 Å². The molecular weight excluding hydrogens is 1280 g/mol. The van der Waals surface area contributed by atoms with E-state index in [2.05, 4.69) is 88.7 Å². The van der Waals surface area contributed by atoms with Gasteiger partial charge in [0.2, 0.25) is 0 Å². The summed E-state index contributed by atoms with van der Waals surface area (Å²) < 4.78 is 11.2. The number of hydrogen-bond acceptors (Lipinski definition) is 7. The SMILES string of the molecule is CCCCCCCCCCCCCCCCCCCCOc1ccc(-c2c3/c(=C(\C#N)c4cnc5cc(Cl)ccc5n4)n(B(c4ccccc4)c4ccccc4)c(-c4ccc(Cl)cc4)c3/c(=C(\C#N)c3cnc4cc(Cl)c(Cl)cc4n3)n2B(c2ccccc2)c2ccccc2)cc1. The highest BCUT2D eigenvalue weighted by Gasteiger charge is 2.37. The number of halogens is 4. The first-order valence-electron chi connectivity index (χ1n) is 34.3. The first-order chi connectivity index (χ1) is 47.7. The molecule has 0 fully saturated rings. The minimum atomic E-state index is -0.626. The molecule has 0 radical (unpaired) electrons. The molecule has 4 aromatic heterocycles. The molecule has 15 heteroatoms. The Kier molecular flexibility index (Phi) is 23.4. The van der Waals surface area contributed by atoms with E-state index < -0.39 is 13.7 Å². The van der Waals surface area contributed by atoms with Gasteiger partial charge in [0, 0.05) is 32.2 Å². The Hall–Kier alpha value is -8.93. The van der Waals surface area contributed by atoms with E-state index in [0.717, 1.165) is 51.6 Å². The molecule has 0 amide bonds. The van der Waals surface area contributed by atoms with E-state index in [1.54, 1.807) is 36.7 Å². The van der Waals surface area contributed by atoms with Crippen molar-refractivity contribution < 1.29 is 4.74 Å². The quantitative estimate of drug-likeness (QED) is 0.0325. The topological polar surface area (TPSA) is 118 Å². The van der Waals surface area contributed by atoms with Crippen molar-refractivity contribution in [1.82, 2.24) is 28.9 Å². The van der Waals surface area contributed by atoms with Crippen LogP contribution in [0.1, 0.15) is 134 Å². The minimum absolute atomic E-state index is 0.202. The lowest BCUT2D eigenvalue weighted by Crippen LogP contribution is -2.54. The van der Waals surface area contributed by atoms with Crippen LogP contribution in [0.4, 0.5) is 0 Å². The van der Waals surface area contributed by atoms with Crippen LogP contribution in [0, 0.1) is 22.7 Å². The normalized spacial score (nSPS) is 12.0. The number of fused-ring (bicyclic) bond motifs is 3. The van der Waals surface area contributed by atoms with Gasteiger partial charge in [0.25, 0.3) is 0 Å². The molecule has 484 valence electrons. The average Bonchev–Trinajstić information content (AvgIpc) is 1.53. The van der Waals surface area contributed by atoms with Crippen molar-refractivity contribution in [3.8, 4) is 40.4 Å². The third kappa shape index (κ3) is 15.9. The van der Waals surface area contributed by atoms with E-state index in [4.69, 9.17) is 71.1 Å². The van der Waals surface area contributed by atoms with Crippen LogP contribution in [0.3, 0.4) is 0 Å². The van der Waals surface area contributed by atoms with Crippen LogP contribution >= 0.6 is 46.4 Å². The molecule has 4 heterocycles. The largest absolute Gasteiger partial charge is 0.494 e. The average molecular weight is 1350 g/mol. The molecule has 0 N–H and O–H groups in total. The maximum Gasteiger partial charge on any atom is 0.328 e. The lowest BCUT2D eigenvalue weighted by Gasteiger charge is -2.24. The van der Waals surface area contributed by atoms with Gasteiger partial charge in [0.15, 0.2) is 0 Å². The first kappa shape index (κ1) is 68.0. The van der Waals surface area contributed by atoms with E-state index in [1.807, 2.05) is 115 Å². The second kappa shape index (κ2) is 33.4. The van der Waals surface area contributed by atoms with E-state index in [9.17, 15) is 10.5 Å². The summed E-state index contributed by atoms with van der Waals surface area (Å²) in [5.74, 6) is 0.728. The van der Waals surface area contributed by atoms with Crippen molar-refractivity contribution in [3.63, 3.8) is 0 Å². The fraction of sp³-hybridized carbons (Fsp3) is 0.244. The zero-order chi connectivity index (χ0) is 66.9. The van der Waals surface area contributed by atoms with Crippen molar-refractivity contribution in [2.45, 2.75) is 122 Å². The molecule has 12 aromatic rings. The van der Waals surface area contributed by atoms with Gasteiger partial charge in [0.05, 0.1) is 61.8 Å². The number of rotatable bonds is 30. The Morgan fingerprint density at radius 3 is 1.18 bits per heavy atom. The Labute approximate surface area is 590 Å². The highest BCUT2D eigenvalue weighted by Crippen LogP contribution is 2.38. The van der Waals surface area contributed by atoms with Crippen LogP contribution in [0.5, 0.6) is 5.75 Å². The van der Waals surface area contributed by atoms with Crippen LogP contribution in [-0.2, 0) is 0 Å². The van der Waals surface area contributed by atoms with Crippen molar-refractivity contribution in [2.24, 2.45) is 0 Å². The first-order valence-corrected chi connectivity index (χ1v) is 35.8. The molecule has 0 unspecified atom stereocenters. The molecule has 0 saturated heterocycles. The van der Waals surface area contributed by atoms with Gasteiger partial charge in [-0.2, -0.15) is 10.5 Å². The van der Waals surface area contributed by atoms with Crippen molar-refractivity contribution >= 4 is 126 Å². The molecule has 12 rings (SSSR count). The molecule has 0 saturated carbocycles. The second-order valence-corrected chi connectivity index (χ2v) is 26.8. The summed E-state index contributed by atoms with van der Waals surface area (Å²) in [6.07, 6.45) is 26.9. The Morgan fingerprint density at radius 1 is 0.402 bits per heavy atom. The predicted molar refractivity (Wildman–Crippen MR) is 406 cm³/mol. The summed E-state index contributed by atoms with van der Waals surface area (Å²) in [4.78, 5) is 20.4. The van der Waals surface area contributed by atoms with E-state index in [1.165, 1.54) is 103 Å². The predicted octanol–water partition coefficient (Wildman–Crippen LogP) is 18.5. The van der Waals surface area contributed by atoms with Gasteiger partial charge in [-0.05, 0) is 84.3 Å². The number of ether oxygens (including phenoxy) is 1. The number of hydrogen-bond donors (Lipinski definition) is 0. The van der Waals surface area contributed by atoms with Crippen LogP contribution in [0.15, 0.2) is 213 Å². The highest BCUT2D eigenvalue weighted by molar-refractivity contribution is 6.85. The number of unbranched alkanes of at least 4 members (excludes halogenated alkanes) is 17. The summed E-state index contributed by atoms with van der Waals surface area (Å²) in [6.45, 7) is 1.62. The van der Waals surface area contributed by atoms with Crippen LogP contribution in [-0.4, -0.2) is 49.2 Å². The summed E-state index contributed by atoms with van der Waals surface area (Å²) in [6, 6.07) is 71.5. The van der Waals surface area contributed by atoms with Crippen molar-refractivity contribution in [3.05, 3.63) is 255 Å². The Morgan fingerprint density at radius 2 is 0.763 bits per heavy atom. The second-order valence-electron chi connectivity index (χ2n) is 25.1. The summed E-state index contributed by atoms with van der Waals surface area (Å²) in [5.41, 5.74) is 9.74. The molecule has 0 aliphatic rings. The highest BCUT2D eigenvalue weighted by atomic mass is 35.5. The third-order valence-corrected chi connectivity index (χ3v) is 19.7. The number of nitrogens with zero attached hydrogens (tertiary/aromatic N) is 8. The molecule has 0 aliphatic heterocycles. The molecule has 0 aliphatic carbocycles. The van der Waals surface area contributed by atoms with Crippen molar-refractivity contribution in [1.29, 1.82) is 10.5 Å².